The quantitative estimate of drug-likeness (QED) is 0.658. The molecular weight excluding hydrogens is 269 g/mol. The van der Waals surface area contributed by atoms with Crippen LogP contribution in [0.1, 0.15) is 37.8 Å². The molecule has 3 unspecified atom stereocenters. The van der Waals surface area contributed by atoms with Gasteiger partial charge in [-0.25, -0.2) is 0 Å². The van der Waals surface area contributed by atoms with Crippen LogP contribution in [0.2, 0.25) is 0 Å². The summed E-state index contributed by atoms with van der Waals surface area (Å²) >= 11 is 0. The number of rotatable bonds is 4. The molecule has 3 atom stereocenters. The molecule has 0 radical (unpaired) electrons. The Morgan fingerprint density at radius 3 is 2.65 bits per heavy atom. The summed E-state index contributed by atoms with van der Waals surface area (Å²) in [5.74, 6) is 6.36. The number of halogens is 3. The number of nitrogens with two attached hydrogens (primary N) is 1. The topological polar surface area (TPSA) is 47.3 Å². The minimum Gasteiger partial charge on any atom is -0.406 e. The molecule has 0 aliphatic heterocycles. The number of hydrogen-bond donors (Lipinski definition) is 2. The Hall–Kier alpha value is -1.27. The molecule has 0 bridgehead atoms. The molecule has 1 aromatic carbocycles. The summed E-state index contributed by atoms with van der Waals surface area (Å²) < 4.78 is 40.7. The van der Waals surface area contributed by atoms with Gasteiger partial charge < -0.3 is 4.74 Å². The Kier molecular flexibility index (Phi) is 4.55. The first kappa shape index (κ1) is 15.1. The van der Waals surface area contributed by atoms with Crippen LogP contribution in [0.25, 0.3) is 0 Å². The van der Waals surface area contributed by atoms with Gasteiger partial charge in [-0.2, -0.15) is 0 Å². The van der Waals surface area contributed by atoms with Crippen molar-refractivity contribution in [2.75, 3.05) is 0 Å². The van der Waals surface area contributed by atoms with Crippen LogP contribution in [0.15, 0.2) is 24.3 Å². The second-order valence-corrected chi connectivity index (χ2v) is 5.44. The minimum atomic E-state index is -4.67. The molecule has 20 heavy (non-hydrogen) atoms. The van der Waals surface area contributed by atoms with Crippen molar-refractivity contribution in [2.24, 2.45) is 17.7 Å². The lowest BCUT2D eigenvalue weighted by atomic mass is 9.91. The summed E-state index contributed by atoms with van der Waals surface area (Å²) in [5.41, 5.74) is 3.46. The van der Waals surface area contributed by atoms with E-state index in [-0.39, 0.29) is 11.8 Å². The molecule has 0 aromatic heterocycles. The van der Waals surface area contributed by atoms with Crippen molar-refractivity contribution in [3.8, 4) is 5.75 Å². The molecular formula is C14H19F3N2O. The number of hydrogen-bond acceptors (Lipinski definition) is 3. The fourth-order valence-electron chi connectivity index (χ4n) is 2.96. The highest BCUT2D eigenvalue weighted by Gasteiger charge is 2.32. The van der Waals surface area contributed by atoms with Crippen molar-refractivity contribution in [1.82, 2.24) is 5.43 Å². The lowest BCUT2D eigenvalue weighted by Crippen LogP contribution is -2.32. The number of alkyl halides is 3. The lowest BCUT2D eigenvalue weighted by Gasteiger charge is -2.24. The van der Waals surface area contributed by atoms with Gasteiger partial charge in [0, 0.05) is 6.04 Å². The van der Waals surface area contributed by atoms with Gasteiger partial charge in [0.05, 0.1) is 0 Å². The molecule has 3 nitrogen and oxygen atoms in total. The van der Waals surface area contributed by atoms with Crippen LogP contribution in [-0.4, -0.2) is 6.36 Å². The summed E-state index contributed by atoms with van der Waals surface area (Å²) in [6, 6.07) is 5.88. The molecule has 0 spiro atoms. The van der Waals surface area contributed by atoms with E-state index in [0.29, 0.717) is 11.8 Å². The summed E-state index contributed by atoms with van der Waals surface area (Å²) in [6.45, 7) is 2.18. The molecule has 6 heteroatoms. The van der Waals surface area contributed by atoms with E-state index in [1.807, 2.05) is 0 Å². The molecule has 3 N–H and O–H groups in total. The van der Waals surface area contributed by atoms with Gasteiger partial charge in [0.1, 0.15) is 5.75 Å². The van der Waals surface area contributed by atoms with Crippen molar-refractivity contribution < 1.29 is 17.9 Å². The van der Waals surface area contributed by atoms with Crippen LogP contribution in [0, 0.1) is 11.8 Å². The molecule has 1 aromatic rings. The molecule has 112 valence electrons. The van der Waals surface area contributed by atoms with Crippen LogP contribution in [0.3, 0.4) is 0 Å². The monoisotopic (exact) mass is 288 g/mol. The number of nitrogens with one attached hydrogen (secondary N) is 1. The van der Waals surface area contributed by atoms with E-state index in [1.165, 1.54) is 12.1 Å². The Labute approximate surface area is 116 Å². The smallest absolute Gasteiger partial charge is 0.406 e. The van der Waals surface area contributed by atoms with Crippen LogP contribution in [0.4, 0.5) is 13.2 Å². The molecule has 2 rings (SSSR count). The van der Waals surface area contributed by atoms with Gasteiger partial charge in [-0.05, 0) is 42.4 Å². The Bertz CT molecular complexity index is 450. The van der Waals surface area contributed by atoms with Crippen molar-refractivity contribution in [3.05, 3.63) is 29.8 Å². The van der Waals surface area contributed by atoms with Crippen LogP contribution < -0.4 is 16.0 Å². The van der Waals surface area contributed by atoms with Gasteiger partial charge >= 0.3 is 6.36 Å². The first-order chi connectivity index (χ1) is 9.39. The average molecular weight is 288 g/mol. The van der Waals surface area contributed by atoms with Gasteiger partial charge in [0.2, 0.25) is 0 Å². The van der Waals surface area contributed by atoms with Gasteiger partial charge in [-0.3, -0.25) is 11.3 Å². The predicted molar refractivity (Wildman–Crippen MR) is 69.7 cm³/mol. The zero-order valence-corrected chi connectivity index (χ0v) is 11.3. The van der Waals surface area contributed by atoms with Crippen molar-refractivity contribution >= 4 is 0 Å². The third-order valence-corrected chi connectivity index (χ3v) is 3.84. The molecule has 1 aliphatic carbocycles. The molecule has 1 saturated carbocycles. The Morgan fingerprint density at radius 1 is 1.35 bits per heavy atom. The molecule has 0 saturated heterocycles. The third-order valence-electron chi connectivity index (χ3n) is 3.84. The van der Waals surface area contributed by atoms with Crippen LogP contribution in [0.5, 0.6) is 5.75 Å². The average Bonchev–Trinajstić information content (AvgIpc) is 2.75. The number of benzene rings is 1. The fraction of sp³-hybridized carbons (Fsp3) is 0.571. The largest absolute Gasteiger partial charge is 0.573 e. The van der Waals surface area contributed by atoms with Crippen molar-refractivity contribution in [2.45, 2.75) is 38.6 Å². The summed E-state index contributed by atoms with van der Waals surface area (Å²) in [5, 5.41) is 0. The molecule has 0 amide bonds. The zero-order valence-electron chi connectivity index (χ0n) is 11.3. The van der Waals surface area contributed by atoms with E-state index in [9.17, 15) is 13.2 Å². The van der Waals surface area contributed by atoms with Crippen molar-refractivity contribution in [1.29, 1.82) is 0 Å². The molecule has 1 aliphatic rings. The van der Waals surface area contributed by atoms with E-state index in [2.05, 4.69) is 17.1 Å². The van der Waals surface area contributed by atoms with Gasteiger partial charge in [-0.1, -0.05) is 25.5 Å². The molecule has 1 fully saturated rings. The Balaban J connectivity index is 2.15. The second kappa shape index (κ2) is 6.01. The molecule has 0 heterocycles. The van der Waals surface area contributed by atoms with Crippen molar-refractivity contribution in [3.63, 3.8) is 0 Å². The fourth-order valence-corrected chi connectivity index (χ4v) is 2.96. The zero-order chi connectivity index (χ0) is 14.8. The summed E-state index contributed by atoms with van der Waals surface area (Å²) in [4.78, 5) is 0. The maximum atomic E-state index is 12.2. The minimum absolute atomic E-state index is 0.142. The number of ether oxygens (including phenoxy) is 1. The number of hydrazine groups is 1. The first-order valence-electron chi connectivity index (χ1n) is 6.71. The van der Waals surface area contributed by atoms with E-state index in [1.54, 1.807) is 12.1 Å². The van der Waals surface area contributed by atoms with E-state index in [4.69, 9.17) is 5.84 Å². The van der Waals surface area contributed by atoms with Gasteiger partial charge in [0.25, 0.3) is 0 Å². The second-order valence-electron chi connectivity index (χ2n) is 5.44. The highest BCUT2D eigenvalue weighted by Crippen LogP contribution is 2.39. The Morgan fingerprint density at radius 2 is 2.10 bits per heavy atom. The normalized spacial score (nSPS) is 24.6. The summed E-state index contributed by atoms with van der Waals surface area (Å²) in [7, 11) is 0. The standard InChI is InChI=1S/C14H19F3N2O/c1-9-5-6-11(7-9)13(19-18)10-3-2-4-12(8-10)20-14(15,16)17/h2-4,8-9,11,13,19H,5-7,18H2,1H3. The van der Waals surface area contributed by atoms with Gasteiger partial charge in [0.15, 0.2) is 0 Å². The van der Waals surface area contributed by atoms with Crippen LogP contribution >= 0.6 is 0 Å². The van der Waals surface area contributed by atoms with Crippen LogP contribution in [-0.2, 0) is 0 Å². The first-order valence-corrected chi connectivity index (χ1v) is 6.71. The summed E-state index contributed by atoms with van der Waals surface area (Å²) in [6.07, 6.45) is -1.49. The van der Waals surface area contributed by atoms with E-state index >= 15 is 0 Å². The third kappa shape index (κ3) is 3.86. The van der Waals surface area contributed by atoms with E-state index in [0.717, 1.165) is 24.8 Å². The van der Waals surface area contributed by atoms with E-state index < -0.39 is 6.36 Å². The highest BCUT2D eigenvalue weighted by molar-refractivity contribution is 5.31. The lowest BCUT2D eigenvalue weighted by molar-refractivity contribution is -0.274. The maximum absolute atomic E-state index is 12.2. The highest BCUT2D eigenvalue weighted by atomic mass is 19.4. The SMILES string of the molecule is CC1CCC(C(NN)c2cccc(OC(F)(F)F)c2)C1. The van der Waals surface area contributed by atoms with Gasteiger partial charge in [-0.15, -0.1) is 13.2 Å². The maximum Gasteiger partial charge on any atom is 0.573 e. The predicted octanol–water partition coefficient (Wildman–Crippen LogP) is 3.53.